The standard InChI is InChI=1S/C22H31N3O3/c1-15(2)21-20(22(27)25(24(21)4)17-11-6-5-7-12-17)23-19(26)14-28-18-13-9-8-10-16(18)3/h5-7,11-12,15-16,18H,8-10,13-14H2,1-4H3,(H,23,26)/t16-,18-/m1/s1. The predicted octanol–water partition coefficient (Wildman–Crippen LogP) is 3.83. The van der Waals surface area contributed by atoms with Gasteiger partial charge in [0.1, 0.15) is 12.3 Å². The lowest BCUT2D eigenvalue weighted by Crippen LogP contribution is -2.31. The smallest absolute Gasteiger partial charge is 0.295 e. The molecule has 1 heterocycles. The summed E-state index contributed by atoms with van der Waals surface area (Å²) in [6.45, 7) is 6.18. The van der Waals surface area contributed by atoms with Gasteiger partial charge in [-0.3, -0.25) is 14.3 Å². The molecular formula is C22H31N3O3. The molecule has 0 unspecified atom stereocenters. The molecule has 1 aliphatic carbocycles. The van der Waals surface area contributed by atoms with Crippen molar-refractivity contribution >= 4 is 11.6 Å². The van der Waals surface area contributed by atoms with Crippen LogP contribution in [0.3, 0.4) is 0 Å². The Morgan fingerprint density at radius 1 is 1.21 bits per heavy atom. The minimum absolute atomic E-state index is 0.0216. The molecule has 2 aromatic rings. The first-order chi connectivity index (χ1) is 13.4. The maximum atomic E-state index is 13.1. The molecule has 1 aromatic carbocycles. The summed E-state index contributed by atoms with van der Waals surface area (Å²) in [5.41, 5.74) is 1.68. The molecule has 3 rings (SSSR count). The molecule has 6 heteroatoms. The summed E-state index contributed by atoms with van der Waals surface area (Å²) in [5.74, 6) is 0.277. The van der Waals surface area contributed by atoms with Gasteiger partial charge in [-0.2, -0.15) is 0 Å². The Kier molecular flexibility index (Phi) is 6.39. The zero-order chi connectivity index (χ0) is 20.3. The fraction of sp³-hybridized carbons (Fsp3) is 0.545. The van der Waals surface area contributed by atoms with Crippen molar-refractivity contribution in [1.29, 1.82) is 0 Å². The number of rotatable bonds is 6. The Morgan fingerprint density at radius 3 is 2.54 bits per heavy atom. The maximum absolute atomic E-state index is 13.1. The van der Waals surface area contributed by atoms with Crippen LogP contribution in [-0.4, -0.2) is 28.0 Å². The van der Waals surface area contributed by atoms with Gasteiger partial charge in [0.2, 0.25) is 0 Å². The Labute approximate surface area is 166 Å². The number of anilines is 1. The number of ether oxygens (including phenoxy) is 1. The number of carbonyl (C=O) groups excluding carboxylic acids is 1. The van der Waals surface area contributed by atoms with Crippen molar-refractivity contribution in [1.82, 2.24) is 9.36 Å². The number of nitrogens with one attached hydrogen (secondary N) is 1. The Balaban J connectivity index is 1.81. The second kappa shape index (κ2) is 8.78. The zero-order valence-electron chi connectivity index (χ0n) is 17.3. The van der Waals surface area contributed by atoms with Gasteiger partial charge in [0.15, 0.2) is 0 Å². The molecule has 0 saturated heterocycles. The topological polar surface area (TPSA) is 65.3 Å². The third-order valence-corrected chi connectivity index (χ3v) is 5.58. The highest BCUT2D eigenvalue weighted by Gasteiger charge is 2.25. The van der Waals surface area contributed by atoms with Crippen LogP contribution in [0.2, 0.25) is 0 Å². The summed E-state index contributed by atoms with van der Waals surface area (Å²) < 4.78 is 9.28. The molecular weight excluding hydrogens is 354 g/mol. The third kappa shape index (κ3) is 4.22. The normalized spacial score (nSPS) is 19.8. The minimum Gasteiger partial charge on any atom is -0.368 e. The molecule has 0 spiro atoms. The minimum atomic E-state index is -0.275. The molecule has 6 nitrogen and oxygen atoms in total. The average Bonchev–Trinajstić information content (AvgIpc) is 2.91. The number of aromatic nitrogens is 2. The van der Waals surface area contributed by atoms with Crippen molar-refractivity contribution in [2.75, 3.05) is 11.9 Å². The number of nitrogens with zero attached hydrogens (tertiary/aromatic N) is 2. The van der Waals surface area contributed by atoms with E-state index >= 15 is 0 Å². The van der Waals surface area contributed by atoms with Crippen LogP contribution < -0.4 is 10.9 Å². The van der Waals surface area contributed by atoms with E-state index in [1.165, 1.54) is 6.42 Å². The molecule has 1 amide bonds. The van der Waals surface area contributed by atoms with E-state index in [4.69, 9.17) is 4.74 Å². The average molecular weight is 386 g/mol. The highest BCUT2D eigenvalue weighted by Crippen LogP contribution is 2.26. The van der Waals surface area contributed by atoms with Crippen LogP contribution >= 0.6 is 0 Å². The molecule has 1 N–H and O–H groups in total. The molecule has 152 valence electrons. The first-order valence-corrected chi connectivity index (χ1v) is 10.2. The van der Waals surface area contributed by atoms with E-state index in [-0.39, 0.29) is 30.1 Å². The van der Waals surface area contributed by atoms with Crippen molar-refractivity contribution in [3.8, 4) is 5.69 Å². The van der Waals surface area contributed by atoms with Gasteiger partial charge in [-0.05, 0) is 36.8 Å². The second-order valence-corrected chi connectivity index (χ2v) is 8.05. The van der Waals surface area contributed by atoms with Crippen LogP contribution in [0.5, 0.6) is 0 Å². The predicted molar refractivity (Wildman–Crippen MR) is 111 cm³/mol. The molecule has 2 atom stereocenters. The van der Waals surface area contributed by atoms with Crippen molar-refractivity contribution in [2.45, 2.75) is 58.5 Å². The number of amides is 1. The first kappa shape index (κ1) is 20.4. The summed E-state index contributed by atoms with van der Waals surface area (Å²) in [6.07, 6.45) is 4.64. The van der Waals surface area contributed by atoms with Gasteiger partial charge in [-0.1, -0.05) is 51.8 Å². The lowest BCUT2D eigenvalue weighted by molar-refractivity contribution is -0.124. The number of hydrogen-bond acceptors (Lipinski definition) is 3. The van der Waals surface area contributed by atoms with E-state index in [0.717, 1.165) is 30.6 Å². The zero-order valence-corrected chi connectivity index (χ0v) is 17.3. The molecule has 1 aromatic heterocycles. The van der Waals surface area contributed by atoms with E-state index < -0.39 is 0 Å². The van der Waals surface area contributed by atoms with E-state index in [0.29, 0.717) is 11.6 Å². The highest BCUT2D eigenvalue weighted by molar-refractivity contribution is 5.92. The number of hydrogen-bond donors (Lipinski definition) is 1. The molecule has 1 saturated carbocycles. The fourth-order valence-electron chi connectivity index (χ4n) is 4.15. The number of carbonyl (C=O) groups is 1. The first-order valence-electron chi connectivity index (χ1n) is 10.2. The van der Waals surface area contributed by atoms with Crippen molar-refractivity contribution in [3.63, 3.8) is 0 Å². The fourth-order valence-corrected chi connectivity index (χ4v) is 4.15. The Bertz CT molecular complexity index is 867. The molecule has 28 heavy (non-hydrogen) atoms. The van der Waals surface area contributed by atoms with Gasteiger partial charge in [-0.15, -0.1) is 0 Å². The Morgan fingerprint density at radius 2 is 1.89 bits per heavy atom. The number of benzene rings is 1. The van der Waals surface area contributed by atoms with Crippen molar-refractivity contribution in [3.05, 3.63) is 46.4 Å². The molecule has 0 aliphatic heterocycles. The van der Waals surface area contributed by atoms with Gasteiger partial charge >= 0.3 is 0 Å². The van der Waals surface area contributed by atoms with E-state index in [1.54, 1.807) is 4.68 Å². The molecule has 1 aliphatic rings. The number of para-hydroxylation sites is 1. The van der Waals surface area contributed by atoms with Crippen molar-refractivity contribution in [2.24, 2.45) is 13.0 Å². The molecule has 1 fully saturated rings. The maximum Gasteiger partial charge on any atom is 0.295 e. The highest BCUT2D eigenvalue weighted by atomic mass is 16.5. The van der Waals surface area contributed by atoms with Crippen LogP contribution in [0.25, 0.3) is 5.69 Å². The van der Waals surface area contributed by atoms with Crippen LogP contribution in [-0.2, 0) is 16.6 Å². The summed E-state index contributed by atoms with van der Waals surface area (Å²) in [5, 5.41) is 2.83. The van der Waals surface area contributed by atoms with Gasteiger partial charge < -0.3 is 10.1 Å². The lowest BCUT2D eigenvalue weighted by Gasteiger charge is -2.28. The summed E-state index contributed by atoms with van der Waals surface area (Å²) >= 11 is 0. The molecule has 0 radical (unpaired) electrons. The SMILES string of the molecule is CC(C)c1c(NC(=O)CO[C@@H]2CCCC[C@H]2C)c(=O)n(-c2ccccc2)n1C. The van der Waals surface area contributed by atoms with Crippen LogP contribution in [0.1, 0.15) is 58.1 Å². The monoisotopic (exact) mass is 385 g/mol. The van der Waals surface area contributed by atoms with Gasteiger partial charge in [0.05, 0.1) is 17.5 Å². The molecule has 0 bridgehead atoms. The van der Waals surface area contributed by atoms with Gasteiger partial charge in [0.25, 0.3) is 11.5 Å². The largest absolute Gasteiger partial charge is 0.368 e. The van der Waals surface area contributed by atoms with E-state index in [9.17, 15) is 9.59 Å². The van der Waals surface area contributed by atoms with Gasteiger partial charge in [-0.25, -0.2) is 4.68 Å². The second-order valence-electron chi connectivity index (χ2n) is 8.05. The van der Waals surface area contributed by atoms with Crippen molar-refractivity contribution < 1.29 is 9.53 Å². The quantitative estimate of drug-likeness (QED) is 0.822. The van der Waals surface area contributed by atoms with Crippen LogP contribution in [0.15, 0.2) is 35.1 Å². The summed E-state index contributed by atoms with van der Waals surface area (Å²) in [7, 11) is 1.85. The van der Waals surface area contributed by atoms with Crippen LogP contribution in [0, 0.1) is 5.92 Å². The third-order valence-electron chi connectivity index (χ3n) is 5.58. The lowest BCUT2D eigenvalue weighted by atomic mass is 9.88. The van der Waals surface area contributed by atoms with Crippen LogP contribution in [0.4, 0.5) is 5.69 Å². The Hall–Kier alpha value is -2.34. The summed E-state index contributed by atoms with van der Waals surface area (Å²) in [4.78, 5) is 25.6. The summed E-state index contributed by atoms with van der Waals surface area (Å²) in [6, 6.07) is 9.45. The van der Waals surface area contributed by atoms with E-state index in [2.05, 4.69) is 12.2 Å². The van der Waals surface area contributed by atoms with E-state index in [1.807, 2.05) is 55.9 Å². The van der Waals surface area contributed by atoms with Gasteiger partial charge in [0, 0.05) is 7.05 Å².